The van der Waals surface area contributed by atoms with Crippen LogP contribution in [0.25, 0.3) is 0 Å². The third-order valence-electron chi connectivity index (χ3n) is 2.83. The molecule has 1 atom stereocenters. The van der Waals surface area contributed by atoms with Gasteiger partial charge in [-0.3, -0.25) is 9.78 Å². The van der Waals surface area contributed by atoms with Crippen molar-refractivity contribution in [2.45, 2.75) is 6.10 Å². The number of pyridine rings is 1. The van der Waals surface area contributed by atoms with E-state index in [-0.39, 0.29) is 6.10 Å². The van der Waals surface area contributed by atoms with Gasteiger partial charge in [0.2, 0.25) is 0 Å². The Morgan fingerprint density at radius 1 is 1.57 bits per heavy atom. The molecule has 72 valence electrons. The highest BCUT2D eigenvalue weighted by Crippen LogP contribution is 2.40. The molecule has 0 saturated carbocycles. The van der Waals surface area contributed by atoms with Crippen molar-refractivity contribution in [3.63, 3.8) is 0 Å². The van der Waals surface area contributed by atoms with Crippen LogP contribution in [0.1, 0.15) is 22.0 Å². The maximum Gasteiger partial charge on any atom is 0.153 e. The number of fused-ring (bicyclic) bond motifs is 5. The first-order chi connectivity index (χ1) is 6.90. The maximum absolute atomic E-state index is 10.8. The van der Waals surface area contributed by atoms with Crippen molar-refractivity contribution in [2.24, 2.45) is 0 Å². The van der Waals surface area contributed by atoms with E-state index in [4.69, 9.17) is 4.74 Å². The van der Waals surface area contributed by atoms with Crippen molar-refractivity contribution in [3.8, 4) is 0 Å². The number of carbonyl (C=O) groups is 1. The van der Waals surface area contributed by atoms with E-state index in [0.29, 0.717) is 5.56 Å². The summed E-state index contributed by atoms with van der Waals surface area (Å²) < 4.78 is 5.60. The van der Waals surface area contributed by atoms with Gasteiger partial charge in [0.05, 0.1) is 17.9 Å². The fourth-order valence-corrected chi connectivity index (χ4v) is 2.21. The number of morpholine rings is 1. The second-order valence-corrected chi connectivity index (χ2v) is 3.59. The molecule has 4 nitrogen and oxygen atoms in total. The normalized spacial score (nSPS) is 23.4. The van der Waals surface area contributed by atoms with Crippen LogP contribution in [-0.4, -0.2) is 31.0 Å². The molecule has 4 heteroatoms. The second-order valence-electron chi connectivity index (χ2n) is 3.59. The van der Waals surface area contributed by atoms with E-state index in [0.717, 1.165) is 37.2 Å². The lowest BCUT2D eigenvalue weighted by Gasteiger charge is -2.24. The number of aromatic nitrogens is 1. The number of ether oxygens (including phenoxy) is 1. The molecule has 2 bridgehead atoms. The van der Waals surface area contributed by atoms with Gasteiger partial charge in [-0.05, 0) is 0 Å². The highest BCUT2D eigenvalue weighted by Gasteiger charge is 2.34. The number of rotatable bonds is 1. The van der Waals surface area contributed by atoms with Crippen molar-refractivity contribution in [2.75, 3.05) is 24.6 Å². The van der Waals surface area contributed by atoms with Crippen molar-refractivity contribution >= 4 is 12.0 Å². The lowest BCUT2D eigenvalue weighted by atomic mass is 10.1. The van der Waals surface area contributed by atoms with E-state index in [1.165, 1.54) is 0 Å². The maximum atomic E-state index is 10.8. The van der Waals surface area contributed by atoms with E-state index >= 15 is 0 Å². The summed E-state index contributed by atoms with van der Waals surface area (Å²) in [7, 11) is 0. The lowest BCUT2D eigenvalue weighted by Crippen LogP contribution is -2.32. The van der Waals surface area contributed by atoms with Gasteiger partial charge in [0.1, 0.15) is 6.10 Å². The number of aldehydes is 1. The van der Waals surface area contributed by atoms with E-state index in [1.807, 2.05) is 0 Å². The zero-order valence-corrected chi connectivity index (χ0v) is 7.64. The van der Waals surface area contributed by atoms with Crippen molar-refractivity contribution in [3.05, 3.63) is 23.5 Å². The molecule has 1 aromatic heterocycles. The standard InChI is InChI=1S/C10H10N2O2/c13-6-7-3-11-4-8-9-5-12(10(7)8)1-2-14-9/h3-4,6,9H,1-2,5H2. The van der Waals surface area contributed by atoms with Crippen LogP contribution in [0, 0.1) is 0 Å². The average Bonchev–Trinajstić information content (AvgIpc) is 2.51. The predicted molar refractivity (Wildman–Crippen MR) is 50.5 cm³/mol. The van der Waals surface area contributed by atoms with Crippen molar-refractivity contribution in [1.29, 1.82) is 0 Å². The third kappa shape index (κ3) is 0.915. The lowest BCUT2D eigenvalue weighted by molar-refractivity contribution is 0.0499. The van der Waals surface area contributed by atoms with Crippen molar-refractivity contribution < 1.29 is 9.53 Å². The summed E-state index contributed by atoms with van der Waals surface area (Å²) in [4.78, 5) is 17.1. The molecular weight excluding hydrogens is 180 g/mol. The quantitative estimate of drug-likeness (QED) is 0.614. The van der Waals surface area contributed by atoms with Crippen LogP contribution < -0.4 is 4.90 Å². The Labute approximate surface area is 81.5 Å². The molecule has 1 fully saturated rings. The van der Waals surface area contributed by atoms with Crippen LogP contribution in [0.15, 0.2) is 12.4 Å². The Balaban J connectivity index is 2.20. The van der Waals surface area contributed by atoms with E-state index < -0.39 is 0 Å². The zero-order valence-electron chi connectivity index (χ0n) is 7.64. The first-order valence-electron chi connectivity index (χ1n) is 4.70. The Morgan fingerprint density at radius 3 is 3.36 bits per heavy atom. The minimum Gasteiger partial charge on any atom is -0.370 e. The summed E-state index contributed by atoms with van der Waals surface area (Å²) in [5, 5.41) is 0. The molecule has 1 unspecified atom stereocenters. The van der Waals surface area contributed by atoms with Crippen LogP contribution in [0.5, 0.6) is 0 Å². The Morgan fingerprint density at radius 2 is 2.50 bits per heavy atom. The molecule has 3 heterocycles. The molecule has 0 amide bonds. The van der Waals surface area contributed by atoms with E-state index in [2.05, 4.69) is 9.88 Å². The van der Waals surface area contributed by atoms with Gasteiger partial charge >= 0.3 is 0 Å². The SMILES string of the molecule is O=Cc1cncc2c1N1CCOC2C1. The molecule has 0 radical (unpaired) electrons. The first-order valence-corrected chi connectivity index (χ1v) is 4.70. The molecule has 0 N–H and O–H groups in total. The molecule has 0 aliphatic carbocycles. The summed E-state index contributed by atoms with van der Waals surface area (Å²) in [5.41, 5.74) is 2.76. The number of hydrogen-bond acceptors (Lipinski definition) is 4. The van der Waals surface area contributed by atoms with Crippen LogP contribution in [-0.2, 0) is 4.74 Å². The fourth-order valence-electron chi connectivity index (χ4n) is 2.21. The van der Waals surface area contributed by atoms with Gasteiger partial charge in [-0.2, -0.15) is 0 Å². The molecule has 14 heavy (non-hydrogen) atoms. The van der Waals surface area contributed by atoms with Gasteiger partial charge in [-0.15, -0.1) is 0 Å². The summed E-state index contributed by atoms with van der Waals surface area (Å²) in [6.45, 7) is 2.47. The van der Waals surface area contributed by atoms with Crippen molar-refractivity contribution in [1.82, 2.24) is 4.98 Å². The van der Waals surface area contributed by atoms with Gasteiger partial charge in [0, 0.05) is 31.0 Å². The van der Waals surface area contributed by atoms with Crippen LogP contribution in [0.3, 0.4) is 0 Å². The largest absolute Gasteiger partial charge is 0.370 e. The highest BCUT2D eigenvalue weighted by molar-refractivity contribution is 5.86. The molecule has 3 rings (SSSR count). The molecule has 0 spiro atoms. The summed E-state index contributed by atoms with van der Waals surface area (Å²) in [6.07, 6.45) is 4.41. The number of nitrogens with zero attached hydrogens (tertiary/aromatic N) is 2. The molecule has 1 aromatic rings. The summed E-state index contributed by atoms with van der Waals surface area (Å²) in [5.74, 6) is 0. The van der Waals surface area contributed by atoms with Crippen LogP contribution >= 0.6 is 0 Å². The Kier molecular flexibility index (Phi) is 1.58. The number of carbonyl (C=O) groups excluding carboxylic acids is 1. The number of hydrogen-bond donors (Lipinski definition) is 0. The first kappa shape index (κ1) is 7.94. The minimum atomic E-state index is 0.117. The summed E-state index contributed by atoms with van der Waals surface area (Å²) in [6, 6.07) is 0. The summed E-state index contributed by atoms with van der Waals surface area (Å²) >= 11 is 0. The van der Waals surface area contributed by atoms with Gasteiger partial charge in [0.25, 0.3) is 0 Å². The van der Waals surface area contributed by atoms with E-state index in [9.17, 15) is 4.79 Å². The average molecular weight is 190 g/mol. The molecular formula is C10H10N2O2. The molecule has 2 aliphatic heterocycles. The van der Waals surface area contributed by atoms with Crippen LogP contribution in [0.4, 0.5) is 5.69 Å². The zero-order chi connectivity index (χ0) is 9.54. The predicted octanol–water partition coefficient (Wildman–Crippen LogP) is 0.785. The van der Waals surface area contributed by atoms with Crippen LogP contribution in [0.2, 0.25) is 0 Å². The second kappa shape index (κ2) is 2.78. The minimum absolute atomic E-state index is 0.117. The number of anilines is 1. The Hall–Kier alpha value is -1.42. The molecule has 1 saturated heterocycles. The van der Waals surface area contributed by atoms with Gasteiger partial charge < -0.3 is 9.64 Å². The van der Waals surface area contributed by atoms with Gasteiger partial charge in [0.15, 0.2) is 6.29 Å². The van der Waals surface area contributed by atoms with Gasteiger partial charge in [-0.1, -0.05) is 0 Å². The smallest absolute Gasteiger partial charge is 0.153 e. The third-order valence-corrected chi connectivity index (χ3v) is 2.83. The Bertz CT molecular complexity index is 392. The molecule has 2 aliphatic rings. The molecule has 0 aromatic carbocycles. The van der Waals surface area contributed by atoms with E-state index in [1.54, 1.807) is 12.4 Å². The highest BCUT2D eigenvalue weighted by atomic mass is 16.5. The van der Waals surface area contributed by atoms with Gasteiger partial charge in [-0.25, -0.2) is 0 Å². The monoisotopic (exact) mass is 190 g/mol. The topological polar surface area (TPSA) is 42.4 Å². The fraction of sp³-hybridized carbons (Fsp3) is 0.400.